The maximum absolute atomic E-state index is 12.7. The van der Waals surface area contributed by atoms with Crippen LogP contribution >= 0.6 is 24.0 Å². The van der Waals surface area contributed by atoms with Crippen molar-refractivity contribution >= 4 is 35.8 Å². The highest BCUT2D eigenvalue weighted by Gasteiger charge is 2.33. The average molecular weight is 415 g/mol. The Morgan fingerprint density at radius 1 is 1.24 bits per heavy atom. The summed E-state index contributed by atoms with van der Waals surface area (Å²) >= 11 is 0. The zero-order valence-corrected chi connectivity index (χ0v) is 13.5. The molecule has 1 aromatic rings. The summed E-state index contributed by atoms with van der Waals surface area (Å²) in [6.45, 7) is 2.40. The fraction of sp³-hybridized carbons (Fsp3) is 0.500. The molecular formula is C12H17F3IN5. The number of aliphatic imine (C=N–C) groups is 1. The van der Waals surface area contributed by atoms with Crippen LogP contribution in [0.4, 0.5) is 19.0 Å². The molecule has 0 unspecified atom stereocenters. The highest BCUT2D eigenvalue weighted by molar-refractivity contribution is 14.0. The van der Waals surface area contributed by atoms with Gasteiger partial charge in [-0.3, -0.25) is 4.99 Å². The maximum atomic E-state index is 12.7. The number of guanidine groups is 1. The number of hydrogen-bond acceptors (Lipinski definition) is 5. The van der Waals surface area contributed by atoms with Crippen LogP contribution in [0, 0.1) is 0 Å². The lowest BCUT2D eigenvalue weighted by Gasteiger charge is -2.17. The summed E-state index contributed by atoms with van der Waals surface area (Å²) in [4.78, 5) is 7.93. The number of pyridine rings is 1. The van der Waals surface area contributed by atoms with Crippen LogP contribution in [0.25, 0.3) is 0 Å². The quantitative estimate of drug-likeness (QED) is 0.521. The third kappa shape index (κ3) is 5.56. The largest absolute Gasteiger partial charge is 0.419 e. The number of aromatic nitrogens is 1. The third-order valence-corrected chi connectivity index (χ3v) is 2.72. The van der Waals surface area contributed by atoms with Crippen LogP contribution < -0.4 is 16.0 Å². The van der Waals surface area contributed by atoms with Gasteiger partial charge < -0.3 is 16.0 Å². The van der Waals surface area contributed by atoms with Gasteiger partial charge in [0.25, 0.3) is 0 Å². The molecule has 0 saturated heterocycles. The first-order valence-electron chi connectivity index (χ1n) is 6.35. The molecule has 1 aromatic heterocycles. The van der Waals surface area contributed by atoms with Crippen LogP contribution in [0.1, 0.15) is 12.0 Å². The SMILES string of the molecule is FC(F)(F)c1cccnc1NCCNC1=NCCCN1.I. The molecule has 0 aromatic carbocycles. The van der Waals surface area contributed by atoms with Gasteiger partial charge in [-0.1, -0.05) is 0 Å². The van der Waals surface area contributed by atoms with Crippen LogP contribution in [-0.4, -0.2) is 37.1 Å². The third-order valence-electron chi connectivity index (χ3n) is 2.72. The van der Waals surface area contributed by atoms with Gasteiger partial charge in [-0.25, -0.2) is 4.98 Å². The van der Waals surface area contributed by atoms with Crippen LogP contribution in [0.3, 0.4) is 0 Å². The highest BCUT2D eigenvalue weighted by atomic mass is 127. The number of halogens is 4. The molecular weight excluding hydrogens is 398 g/mol. The second-order valence-corrected chi connectivity index (χ2v) is 4.26. The Kier molecular flexibility index (Phi) is 6.99. The topological polar surface area (TPSA) is 61.3 Å². The summed E-state index contributed by atoms with van der Waals surface area (Å²) in [6, 6.07) is 2.28. The Morgan fingerprint density at radius 2 is 2.00 bits per heavy atom. The second-order valence-electron chi connectivity index (χ2n) is 4.26. The van der Waals surface area contributed by atoms with E-state index in [0.29, 0.717) is 19.0 Å². The molecule has 0 fully saturated rings. The van der Waals surface area contributed by atoms with Gasteiger partial charge in [-0.05, 0) is 18.6 Å². The zero-order valence-electron chi connectivity index (χ0n) is 11.2. The maximum Gasteiger partial charge on any atom is 0.419 e. The molecule has 2 rings (SSSR count). The van der Waals surface area contributed by atoms with Crippen molar-refractivity contribution in [2.45, 2.75) is 12.6 Å². The molecule has 21 heavy (non-hydrogen) atoms. The monoisotopic (exact) mass is 415 g/mol. The van der Waals surface area contributed by atoms with E-state index in [-0.39, 0.29) is 29.8 Å². The van der Waals surface area contributed by atoms with Crippen molar-refractivity contribution in [2.75, 3.05) is 31.5 Å². The van der Waals surface area contributed by atoms with E-state index in [1.165, 1.54) is 12.3 Å². The van der Waals surface area contributed by atoms with Crippen LogP contribution in [-0.2, 0) is 6.18 Å². The van der Waals surface area contributed by atoms with E-state index < -0.39 is 11.7 Å². The Labute approximate surface area is 137 Å². The Balaban J connectivity index is 0.00000220. The summed E-state index contributed by atoms with van der Waals surface area (Å²) in [6.07, 6.45) is -2.08. The zero-order chi connectivity index (χ0) is 14.4. The van der Waals surface area contributed by atoms with Gasteiger partial charge in [0.1, 0.15) is 5.82 Å². The van der Waals surface area contributed by atoms with Gasteiger partial charge in [0, 0.05) is 32.4 Å². The predicted molar refractivity (Wildman–Crippen MR) is 86.1 cm³/mol. The number of alkyl halides is 3. The molecule has 9 heteroatoms. The highest BCUT2D eigenvalue weighted by Crippen LogP contribution is 2.33. The second kappa shape index (κ2) is 8.25. The lowest BCUT2D eigenvalue weighted by Crippen LogP contribution is -2.42. The molecule has 5 nitrogen and oxygen atoms in total. The number of hydrogen-bond donors (Lipinski definition) is 3. The summed E-state index contributed by atoms with van der Waals surface area (Å²) < 4.78 is 38.2. The molecule has 0 amide bonds. The minimum atomic E-state index is -4.40. The number of nitrogens with zero attached hydrogens (tertiary/aromatic N) is 2. The molecule has 0 bridgehead atoms. The standard InChI is InChI=1S/C12H16F3N5.HI/c13-12(14,15)9-3-1-4-16-10(9)17-7-8-20-11-18-5-2-6-19-11;/h1,3-4H,2,5-8H2,(H,16,17)(H2,18,19,20);1H. The molecule has 0 radical (unpaired) electrons. The summed E-state index contributed by atoms with van der Waals surface area (Å²) in [5.41, 5.74) is -0.756. The number of rotatable bonds is 4. The van der Waals surface area contributed by atoms with Crippen LogP contribution in [0.2, 0.25) is 0 Å². The van der Waals surface area contributed by atoms with E-state index in [4.69, 9.17) is 0 Å². The van der Waals surface area contributed by atoms with Crippen molar-refractivity contribution in [3.8, 4) is 0 Å². The van der Waals surface area contributed by atoms with Gasteiger partial charge in [-0.2, -0.15) is 13.2 Å². The molecule has 2 heterocycles. The summed E-state index contributed by atoms with van der Waals surface area (Å²) in [5.74, 6) is 0.537. The van der Waals surface area contributed by atoms with Gasteiger partial charge in [0.2, 0.25) is 0 Å². The van der Waals surface area contributed by atoms with Crippen molar-refractivity contribution in [2.24, 2.45) is 4.99 Å². The molecule has 0 saturated carbocycles. The predicted octanol–water partition coefficient (Wildman–Crippen LogP) is 2.07. The normalized spacial score (nSPS) is 14.5. The first-order chi connectivity index (χ1) is 9.57. The van der Waals surface area contributed by atoms with Gasteiger partial charge >= 0.3 is 6.18 Å². The molecule has 0 spiro atoms. The number of anilines is 1. The Bertz CT molecular complexity index is 478. The molecule has 3 N–H and O–H groups in total. The minimum absolute atomic E-state index is 0. The fourth-order valence-corrected chi connectivity index (χ4v) is 1.79. The summed E-state index contributed by atoms with van der Waals surface area (Å²) in [5, 5.41) is 8.77. The van der Waals surface area contributed by atoms with Gasteiger partial charge in [0.05, 0.1) is 5.56 Å². The van der Waals surface area contributed by atoms with Gasteiger partial charge in [-0.15, -0.1) is 24.0 Å². The fourth-order valence-electron chi connectivity index (χ4n) is 1.79. The molecule has 1 aliphatic heterocycles. The van der Waals surface area contributed by atoms with Crippen molar-refractivity contribution in [1.82, 2.24) is 15.6 Å². The van der Waals surface area contributed by atoms with E-state index in [0.717, 1.165) is 25.6 Å². The van der Waals surface area contributed by atoms with E-state index in [1.54, 1.807) is 0 Å². The van der Waals surface area contributed by atoms with Crippen molar-refractivity contribution in [3.63, 3.8) is 0 Å². The van der Waals surface area contributed by atoms with E-state index in [2.05, 4.69) is 25.9 Å². The lowest BCUT2D eigenvalue weighted by molar-refractivity contribution is -0.137. The molecule has 0 aliphatic carbocycles. The van der Waals surface area contributed by atoms with E-state index in [9.17, 15) is 13.2 Å². The summed E-state index contributed by atoms with van der Waals surface area (Å²) in [7, 11) is 0. The van der Waals surface area contributed by atoms with E-state index >= 15 is 0 Å². The van der Waals surface area contributed by atoms with Crippen molar-refractivity contribution < 1.29 is 13.2 Å². The smallest absolute Gasteiger partial charge is 0.368 e. The van der Waals surface area contributed by atoms with Crippen LogP contribution in [0.15, 0.2) is 23.3 Å². The molecule has 0 atom stereocenters. The van der Waals surface area contributed by atoms with E-state index in [1.807, 2.05) is 0 Å². The van der Waals surface area contributed by atoms with Crippen molar-refractivity contribution in [1.29, 1.82) is 0 Å². The Hall–Kier alpha value is -1.26. The van der Waals surface area contributed by atoms with Crippen LogP contribution in [0.5, 0.6) is 0 Å². The number of nitrogens with one attached hydrogen (secondary N) is 3. The molecule has 1 aliphatic rings. The molecule has 118 valence electrons. The van der Waals surface area contributed by atoms with Crippen molar-refractivity contribution in [3.05, 3.63) is 23.9 Å². The lowest BCUT2D eigenvalue weighted by atomic mass is 10.2. The first kappa shape index (κ1) is 17.8. The average Bonchev–Trinajstić information content (AvgIpc) is 2.44. The Morgan fingerprint density at radius 3 is 2.67 bits per heavy atom. The van der Waals surface area contributed by atoms with Gasteiger partial charge in [0.15, 0.2) is 5.96 Å². The minimum Gasteiger partial charge on any atom is -0.368 e. The first-order valence-corrected chi connectivity index (χ1v) is 6.35.